The number of nitrogens with one attached hydrogen (secondary N) is 2. The van der Waals surface area contributed by atoms with E-state index in [2.05, 4.69) is 10.6 Å². The topological polar surface area (TPSA) is 70.7 Å². The van der Waals surface area contributed by atoms with Gasteiger partial charge in [0.15, 0.2) is 0 Å². The second-order valence-corrected chi connectivity index (χ2v) is 8.10. The predicted molar refractivity (Wildman–Crippen MR) is 131 cm³/mol. The van der Waals surface area contributed by atoms with Crippen LogP contribution < -0.4 is 15.4 Å². The van der Waals surface area contributed by atoms with E-state index in [4.69, 9.17) is 4.74 Å². The van der Waals surface area contributed by atoms with Crippen molar-refractivity contribution >= 4 is 23.2 Å². The van der Waals surface area contributed by atoms with Gasteiger partial charge in [-0.25, -0.2) is 0 Å². The van der Waals surface area contributed by atoms with E-state index in [0.29, 0.717) is 23.6 Å². The van der Waals surface area contributed by atoms with Crippen LogP contribution in [-0.4, -0.2) is 36.3 Å². The molecule has 33 heavy (non-hydrogen) atoms. The minimum atomic E-state index is -0.181. The predicted octanol–water partition coefficient (Wildman–Crippen LogP) is 4.94. The van der Waals surface area contributed by atoms with E-state index in [1.165, 1.54) is 6.42 Å². The lowest BCUT2D eigenvalue weighted by Crippen LogP contribution is -2.35. The molecule has 6 heteroatoms. The molecule has 0 atom stereocenters. The fourth-order valence-electron chi connectivity index (χ4n) is 3.82. The van der Waals surface area contributed by atoms with Gasteiger partial charge in [0.2, 0.25) is 5.91 Å². The van der Waals surface area contributed by atoms with Crippen molar-refractivity contribution in [2.24, 2.45) is 0 Å². The first-order chi connectivity index (χ1) is 16.2. The van der Waals surface area contributed by atoms with E-state index in [0.717, 1.165) is 37.2 Å². The third-order valence-electron chi connectivity index (χ3n) is 5.63. The van der Waals surface area contributed by atoms with Crippen LogP contribution in [0.1, 0.15) is 35.2 Å². The van der Waals surface area contributed by atoms with E-state index in [-0.39, 0.29) is 18.4 Å². The van der Waals surface area contributed by atoms with Crippen LogP contribution in [0.3, 0.4) is 0 Å². The van der Waals surface area contributed by atoms with Gasteiger partial charge in [-0.15, -0.1) is 0 Å². The van der Waals surface area contributed by atoms with Gasteiger partial charge in [-0.3, -0.25) is 9.59 Å². The maximum absolute atomic E-state index is 12.6. The summed E-state index contributed by atoms with van der Waals surface area (Å²) in [4.78, 5) is 27.0. The number of anilines is 2. The number of amides is 2. The average Bonchev–Trinajstić information content (AvgIpc) is 2.88. The van der Waals surface area contributed by atoms with Gasteiger partial charge in [-0.1, -0.05) is 42.5 Å². The number of piperidine rings is 1. The Hall–Kier alpha value is -3.80. The molecular weight excluding hydrogens is 414 g/mol. The van der Waals surface area contributed by atoms with E-state index >= 15 is 0 Å². The summed E-state index contributed by atoms with van der Waals surface area (Å²) in [5.41, 5.74) is 3.15. The quantitative estimate of drug-likeness (QED) is 0.517. The molecule has 0 unspecified atom stereocenters. The number of nitrogens with zero attached hydrogens (tertiary/aromatic N) is 1. The van der Waals surface area contributed by atoms with Crippen LogP contribution in [0.25, 0.3) is 0 Å². The maximum atomic E-state index is 12.6. The van der Waals surface area contributed by atoms with Gasteiger partial charge < -0.3 is 20.3 Å². The number of carbonyl (C=O) groups is 2. The zero-order valence-corrected chi connectivity index (χ0v) is 18.6. The lowest BCUT2D eigenvalue weighted by atomic mass is 10.1. The van der Waals surface area contributed by atoms with Gasteiger partial charge in [0.1, 0.15) is 12.4 Å². The molecular formula is C27H29N3O3. The Morgan fingerprint density at radius 1 is 0.818 bits per heavy atom. The zero-order chi connectivity index (χ0) is 22.9. The van der Waals surface area contributed by atoms with Crippen molar-refractivity contribution in [1.82, 2.24) is 4.90 Å². The Kier molecular flexibility index (Phi) is 7.59. The zero-order valence-electron chi connectivity index (χ0n) is 18.6. The SMILES string of the molecule is O=C(CNc1ccc(C(=O)N2CCCCC2)cc1)Nc1ccccc1OCc1ccccc1. The highest BCUT2D eigenvalue weighted by Gasteiger charge is 2.18. The third-order valence-corrected chi connectivity index (χ3v) is 5.63. The average molecular weight is 444 g/mol. The molecule has 1 saturated heterocycles. The van der Waals surface area contributed by atoms with E-state index < -0.39 is 0 Å². The summed E-state index contributed by atoms with van der Waals surface area (Å²) < 4.78 is 5.90. The fourth-order valence-corrected chi connectivity index (χ4v) is 3.82. The van der Waals surface area contributed by atoms with Gasteiger partial charge in [0.25, 0.3) is 5.91 Å². The molecule has 6 nitrogen and oxygen atoms in total. The molecule has 3 aromatic rings. The highest BCUT2D eigenvalue weighted by atomic mass is 16.5. The summed E-state index contributed by atoms with van der Waals surface area (Å²) in [6.07, 6.45) is 3.33. The Balaban J connectivity index is 1.28. The second kappa shape index (κ2) is 11.2. The van der Waals surface area contributed by atoms with Crippen LogP contribution >= 0.6 is 0 Å². The number of rotatable bonds is 8. The van der Waals surface area contributed by atoms with E-state index in [1.54, 1.807) is 0 Å². The van der Waals surface area contributed by atoms with Crippen molar-refractivity contribution in [1.29, 1.82) is 0 Å². The highest BCUT2D eigenvalue weighted by Crippen LogP contribution is 2.25. The molecule has 0 radical (unpaired) electrons. The van der Waals surface area contributed by atoms with Gasteiger partial charge in [-0.2, -0.15) is 0 Å². The third kappa shape index (κ3) is 6.35. The van der Waals surface area contributed by atoms with Crippen molar-refractivity contribution in [3.8, 4) is 5.75 Å². The minimum absolute atomic E-state index is 0.0751. The number of hydrogen-bond acceptors (Lipinski definition) is 4. The number of carbonyl (C=O) groups excluding carboxylic acids is 2. The van der Waals surface area contributed by atoms with Crippen LogP contribution in [-0.2, 0) is 11.4 Å². The summed E-state index contributed by atoms with van der Waals surface area (Å²) in [5.74, 6) is 0.514. The standard InChI is InChI=1S/C27H29N3O3/c31-26(29-24-11-5-6-12-25(24)33-20-21-9-3-1-4-10-21)19-28-23-15-13-22(14-16-23)27(32)30-17-7-2-8-18-30/h1,3-6,9-16,28H,2,7-8,17-20H2,(H,29,31). The number of ether oxygens (including phenoxy) is 1. The molecule has 170 valence electrons. The van der Waals surface area contributed by atoms with Crippen LogP contribution in [0, 0.1) is 0 Å². The first-order valence-corrected chi connectivity index (χ1v) is 11.4. The first kappa shape index (κ1) is 22.4. The summed E-state index contributed by atoms with van der Waals surface area (Å²) in [6.45, 7) is 2.19. The molecule has 1 heterocycles. The summed E-state index contributed by atoms with van der Waals surface area (Å²) in [7, 11) is 0. The molecule has 0 aliphatic carbocycles. The molecule has 0 saturated carbocycles. The molecule has 3 aromatic carbocycles. The molecule has 0 spiro atoms. The van der Waals surface area contributed by atoms with Crippen molar-refractivity contribution < 1.29 is 14.3 Å². The van der Waals surface area contributed by atoms with Crippen LogP contribution in [0.15, 0.2) is 78.9 Å². The van der Waals surface area contributed by atoms with Crippen molar-refractivity contribution in [3.63, 3.8) is 0 Å². The highest BCUT2D eigenvalue weighted by molar-refractivity contribution is 5.96. The molecule has 2 amide bonds. The molecule has 2 N–H and O–H groups in total. The molecule has 0 aromatic heterocycles. The van der Waals surface area contributed by atoms with Crippen LogP contribution in [0.4, 0.5) is 11.4 Å². The second-order valence-electron chi connectivity index (χ2n) is 8.10. The van der Waals surface area contributed by atoms with Crippen LogP contribution in [0.5, 0.6) is 5.75 Å². The van der Waals surface area contributed by atoms with E-state index in [1.807, 2.05) is 83.8 Å². The Morgan fingerprint density at radius 2 is 1.52 bits per heavy atom. The monoisotopic (exact) mass is 443 g/mol. The smallest absolute Gasteiger partial charge is 0.253 e. The Morgan fingerprint density at radius 3 is 2.27 bits per heavy atom. The number of likely N-dealkylation sites (tertiary alicyclic amines) is 1. The summed E-state index contributed by atoms with van der Waals surface area (Å²) in [6, 6.07) is 24.6. The maximum Gasteiger partial charge on any atom is 0.253 e. The lowest BCUT2D eigenvalue weighted by Gasteiger charge is -2.26. The van der Waals surface area contributed by atoms with E-state index in [9.17, 15) is 9.59 Å². The lowest BCUT2D eigenvalue weighted by molar-refractivity contribution is -0.114. The molecule has 4 rings (SSSR count). The summed E-state index contributed by atoms with van der Waals surface area (Å²) in [5, 5.41) is 6.01. The largest absolute Gasteiger partial charge is 0.487 e. The summed E-state index contributed by atoms with van der Waals surface area (Å²) >= 11 is 0. The molecule has 0 bridgehead atoms. The van der Waals surface area contributed by atoms with Gasteiger partial charge >= 0.3 is 0 Å². The number of benzene rings is 3. The first-order valence-electron chi connectivity index (χ1n) is 11.4. The van der Waals surface area contributed by atoms with Gasteiger partial charge in [-0.05, 0) is 61.2 Å². The minimum Gasteiger partial charge on any atom is -0.487 e. The van der Waals surface area contributed by atoms with Crippen LogP contribution in [0.2, 0.25) is 0 Å². The van der Waals surface area contributed by atoms with Crippen molar-refractivity contribution in [3.05, 3.63) is 90.0 Å². The van der Waals surface area contributed by atoms with Crippen molar-refractivity contribution in [2.45, 2.75) is 25.9 Å². The Labute approximate surface area is 194 Å². The molecule has 1 fully saturated rings. The fraction of sp³-hybridized carbons (Fsp3) is 0.259. The number of para-hydroxylation sites is 2. The number of hydrogen-bond donors (Lipinski definition) is 2. The normalized spacial score (nSPS) is 13.3. The molecule has 1 aliphatic rings. The Bertz CT molecular complexity index is 1060. The molecule has 1 aliphatic heterocycles. The van der Waals surface area contributed by atoms with Gasteiger partial charge in [0.05, 0.1) is 12.2 Å². The van der Waals surface area contributed by atoms with Gasteiger partial charge in [0, 0.05) is 24.3 Å². The van der Waals surface area contributed by atoms with Crippen molar-refractivity contribution in [2.75, 3.05) is 30.3 Å².